The van der Waals surface area contributed by atoms with Crippen molar-refractivity contribution < 1.29 is 14.7 Å². The van der Waals surface area contributed by atoms with Crippen molar-refractivity contribution in [3.8, 4) is 6.07 Å². The van der Waals surface area contributed by atoms with E-state index in [9.17, 15) is 19.5 Å². The van der Waals surface area contributed by atoms with Crippen LogP contribution in [0.5, 0.6) is 0 Å². The summed E-state index contributed by atoms with van der Waals surface area (Å²) < 4.78 is 0.803. The maximum atomic E-state index is 12.7. The molecule has 0 radical (unpaired) electrons. The van der Waals surface area contributed by atoms with Crippen LogP contribution in [0.2, 0.25) is 0 Å². The quantitative estimate of drug-likeness (QED) is 0.733. The van der Waals surface area contributed by atoms with Gasteiger partial charge in [-0.1, -0.05) is 30.3 Å². The van der Waals surface area contributed by atoms with E-state index in [4.69, 9.17) is 5.26 Å². The largest absolute Gasteiger partial charge is 0.543 e. The fourth-order valence-corrected chi connectivity index (χ4v) is 2.66. The van der Waals surface area contributed by atoms with Gasteiger partial charge in [0, 0.05) is 5.39 Å². The molecule has 3 aromatic rings. The van der Waals surface area contributed by atoms with E-state index in [1.165, 1.54) is 25.1 Å². The lowest BCUT2D eigenvalue weighted by Crippen LogP contribution is -2.36. The second-order valence-corrected chi connectivity index (χ2v) is 5.75. The van der Waals surface area contributed by atoms with Crippen molar-refractivity contribution >= 4 is 28.3 Å². The maximum Gasteiger partial charge on any atom is 0.275 e. The van der Waals surface area contributed by atoms with Crippen molar-refractivity contribution in [2.75, 3.05) is 5.32 Å². The minimum Gasteiger partial charge on any atom is -0.543 e. The van der Waals surface area contributed by atoms with Gasteiger partial charge in [-0.2, -0.15) is 10.4 Å². The molecule has 0 aliphatic rings. The van der Waals surface area contributed by atoms with Crippen molar-refractivity contribution in [1.29, 1.82) is 5.26 Å². The number of anilines is 1. The lowest BCUT2D eigenvalue weighted by molar-refractivity contribution is -0.255. The van der Waals surface area contributed by atoms with E-state index >= 15 is 0 Å². The van der Waals surface area contributed by atoms with Gasteiger partial charge in [-0.05, 0) is 25.1 Å². The molecule has 0 saturated heterocycles. The summed E-state index contributed by atoms with van der Waals surface area (Å²) in [5, 5.41) is 27.2. The van der Waals surface area contributed by atoms with E-state index in [1.54, 1.807) is 30.3 Å². The molecule has 1 heterocycles. The van der Waals surface area contributed by atoms with Crippen molar-refractivity contribution in [3.63, 3.8) is 0 Å². The molecule has 1 N–H and O–H groups in total. The lowest BCUT2D eigenvalue weighted by atomic mass is 10.1. The van der Waals surface area contributed by atoms with Crippen LogP contribution in [0.3, 0.4) is 0 Å². The highest BCUT2D eigenvalue weighted by Crippen LogP contribution is 2.17. The third kappa shape index (κ3) is 3.26. The van der Waals surface area contributed by atoms with Gasteiger partial charge in [0.05, 0.1) is 22.6 Å². The Morgan fingerprint density at radius 1 is 1.15 bits per heavy atom. The monoisotopic (exact) mass is 361 g/mol. The second-order valence-electron chi connectivity index (χ2n) is 5.75. The predicted octanol–water partition coefficient (Wildman–Crippen LogP) is 0.831. The van der Waals surface area contributed by atoms with Crippen LogP contribution in [0.15, 0.2) is 53.3 Å². The average Bonchev–Trinajstić information content (AvgIpc) is 2.68. The first kappa shape index (κ1) is 17.8. The lowest BCUT2D eigenvalue weighted by Gasteiger charge is -2.17. The molecule has 1 atom stereocenters. The number of nitrogens with one attached hydrogen (secondary N) is 1. The zero-order chi connectivity index (χ0) is 19.6. The fourth-order valence-electron chi connectivity index (χ4n) is 2.66. The number of hydrogen-bond acceptors (Lipinski definition) is 6. The molecular weight excluding hydrogens is 348 g/mol. The highest BCUT2D eigenvalue weighted by Gasteiger charge is 2.21. The number of hydrogen-bond donors (Lipinski definition) is 1. The number of carboxylic acids is 1. The summed E-state index contributed by atoms with van der Waals surface area (Å²) >= 11 is 0. The molecule has 0 saturated carbocycles. The normalized spacial score (nSPS) is 11.6. The molecule has 1 aromatic heterocycles. The van der Waals surface area contributed by atoms with Gasteiger partial charge in [0.15, 0.2) is 0 Å². The van der Waals surface area contributed by atoms with E-state index in [0.717, 1.165) is 4.68 Å². The molecule has 0 spiro atoms. The van der Waals surface area contributed by atoms with Crippen LogP contribution in [0.4, 0.5) is 5.69 Å². The number of nitrogens with zero attached hydrogens (tertiary/aromatic N) is 3. The molecule has 0 unspecified atom stereocenters. The molecule has 134 valence electrons. The maximum absolute atomic E-state index is 12.7. The number of amides is 1. The van der Waals surface area contributed by atoms with Gasteiger partial charge in [0.25, 0.3) is 5.56 Å². The van der Waals surface area contributed by atoms with Crippen LogP contribution in [0.1, 0.15) is 29.0 Å². The third-order valence-electron chi connectivity index (χ3n) is 4.07. The number of aromatic carboxylic acids is 1. The van der Waals surface area contributed by atoms with Crippen LogP contribution in [-0.4, -0.2) is 21.7 Å². The van der Waals surface area contributed by atoms with Gasteiger partial charge in [-0.25, -0.2) is 4.68 Å². The predicted molar refractivity (Wildman–Crippen MR) is 94.8 cm³/mol. The SMILES string of the molecule is C[C@@H](C(=O)Nc1ccccc1C#N)n1nc(C(=O)[O-])c2ccccc2c1=O. The minimum absolute atomic E-state index is 0.115. The van der Waals surface area contributed by atoms with Crippen LogP contribution in [-0.2, 0) is 4.79 Å². The number of fused-ring (bicyclic) bond motifs is 1. The van der Waals surface area contributed by atoms with Gasteiger partial charge in [0.2, 0.25) is 5.91 Å². The smallest absolute Gasteiger partial charge is 0.275 e. The van der Waals surface area contributed by atoms with Crippen LogP contribution >= 0.6 is 0 Å². The molecule has 0 fully saturated rings. The first-order chi connectivity index (χ1) is 12.9. The molecule has 8 heteroatoms. The Morgan fingerprint density at radius 3 is 2.44 bits per heavy atom. The molecule has 8 nitrogen and oxygen atoms in total. The van der Waals surface area contributed by atoms with Crippen molar-refractivity contribution in [2.24, 2.45) is 0 Å². The Balaban J connectivity index is 2.05. The first-order valence-electron chi connectivity index (χ1n) is 7.97. The highest BCUT2D eigenvalue weighted by molar-refractivity contribution is 6.00. The summed E-state index contributed by atoms with van der Waals surface area (Å²) in [5.41, 5.74) is -0.493. The Morgan fingerprint density at radius 2 is 1.78 bits per heavy atom. The van der Waals surface area contributed by atoms with Crippen LogP contribution < -0.4 is 16.0 Å². The van der Waals surface area contributed by atoms with Crippen molar-refractivity contribution in [3.05, 3.63) is 70.1 Å². The zero-order valence-electron chi connectivity index (χ0n) is 14.2. The number of para-hydroxylation sites is 1. The molecule has 0 aliphatic heterocycles. The molecule has 2 aromatic carbocycles. The number of benzene rings is 2. The van der Waals surface area contributed by atoms with Crippen molar-refractivity contribution in [2.45, 2.75) is 13.0 Å². The summed E-state index contributed by atoms with van der Waals surface area (Å²) in [4.78, 5) is 36.7. The van der Waals surface area contributed by atoms with Gasteiger partial charge >= 0.3 is 0 Å². The van der Waals surface area contributed by atoms with Gasteiger partial charge < -0.3 is 15.2 Å². The number of nitriles is 1. The Labute approximate surface area is 153 Å². The number of rotatable bonds is 4. The molecule has 3 rings (SSSR count). The van der Waals surface area contributed by atoms with Crippen LogP contribution in [0.25, 0.3) is 10.8 Å². The summed E-state index contributed by atoms with van der Waals surface area (Å²) in [6.45, 7) is 1.41. The first-order valence-corrected chi connectivity index (χ1v) is 7.97. The van der Waals surface area contributed by atoms with E-state index in [2.05, 4.69) is 10.4 Å². The van der Waals surface area contributed by atoms with Gasteiger partial charge in [0.1, 0.15) is 17.8 Å². The third-order valence-corrected chi connectivity index (χ3v) is 4.07. The summed E-state index contributed by atoms with van der Waals surface area (Å²) in [7, 11) is 0. The molecule has 1 amide bonds. The fraction of sp³-hybridized carbons (Fsp3) is 0.105. The highest BCUT2D eigenvalue weighted by atomic mass is 16.4. The van der Waals surface area contributed by atoms with Crippen LogP contribution in [0, 0.1) is 11.3 Å². The number of carboxylic acid groups (broad SMARTS) is 1. The second kappa shape index (κ2) is 7.09. The number of carbonyl (C=O) groups excluding carboxylic acids is 2. The Hall–Kier alpha value is -3.99. The Kier molecular flexibility index (Phi) is 4.68. The summed E-state index contributed by atoms with van der Waals surface area (Å²) in [6.07, 6.45) is 0. The molecule has 0 bridgehead atoms. The van der Waals surface area contributed by atoms with Gasteiger partial charge in [-0.15, -0.1) is 0 Å². The van der Waals surface area contributed by atoms with Gasteiger partial charge in [-0.3, -0.25) is 9.59 Å². The molecular formula is C19H13N4O4-. The van der Waals surface area contributed by atoms with E-state index in [1.807, 2.05) is 6.07 Å². The standard InChI is InChI=1S/C19H14N4O4/c1-11(17(24)21-15-9-5-2-6-12(15)10-20)23-18(25)14-8-4-3-7-13(14)16(22-23)19(26)27/h2-9,11H,1H3,(H,21,24)(H,26,27)/p-1/t11-/m0/s1. The molecule has 0 aliphatic carbocycles. The number of aromatic nitrogens is 2. The summed E-state index contributed by atoms with van der Waals surface area (Å²) in [5.74, 6) is -2.17. The number of carbonyl (C=O) groups is 2. The zero-order valence-corrected chi connectivity index (χ0v) is 14.2. The average molecular weight is 361 g/mol. The van der Waals surface area contributed by atoms with E-state index in [0.29, 0.717) is 0 Å². The molecule has 27 heavy (non-hydrogen) atoms. The minimum atomic E-state index is -1.55. The van der Waals surface area contributed by atoms with E-state index in [-0.39, 0.29) is 22.0 Å². The summed E-state index contributed by atoms with van der Waals surface area (Å²) in [6, 6.07) is 13.3. The topological polar surface area (TPSA) is 128 Å². The Bertz CT molecular complexity index is 1160. The van der Waals surface area contributed by atoms with E-state index < -0.39 is 29.2 Å². The van der Waals surface area contributed by atoms with Crippen molar-refractivity contribution in [1.82, 2.24) is 9.78 Å².